The number of nitrogens with one attached hydrogen (secondary N) is 1. The molecule has 0 bridgehead atoms. The average molecular weight is 278 g/mol. The van der Waals surface area contributed by atoms with Crippen molar-refractivity contribution in [2.45, 2.75) is 32.7 Å². The lowest BCUT2D eigenvalue weighted by Gasteiger charge is -2.24. The molecule has 0 aliphatic carbocycles. The average Bonchev–Trinajstić information content (AvgIpc) is 2.87. The number of rotatable bonds is 5. The molecule has 0 spiro atoms. The lowest BCUT2D eigenvalue weighted by Crippen LogP contribution is -2.38. The van der Waals surface area contributed by atoms with Crippen LogP contribution in [0, 0.1) is 6.92 Å². The number of hydrogen-bond donors (Lipinski definition) is 1. The third-order valence-electron chi connectivity index (χ3n) is 3.54. The molecule has 20 heavy (non-hydrogen) atoms. The Balaban J connectivity index is 2.18. The Hall–Kier alpha value is -1.69. The quantitative estimate of drug-likeness (QED) is 0.815. The van der Waals surface area contributed by atoms with Crippen LogP contribution >= 0.6 is 0 Å². The van der Waals surface area contributed by atoms with Gasteiger partial charge in [-0.2, -0.15) is 0 Å². The van der Waals surface area contributed by atoms with E-state index < -0.39 is 0 Å². The number of anilines is 1. The maximum Gasteiger partial charge on any atom is 0.341 e. The highest BCUT2D eigenvalue weighted by Crippen LogP contribution is 2.22. The number of aromatic nitrogens is 2. The van der Waals surface area contributed by atoms with Gasteiger partial charge < -0.3 is 15.0 Å². The Morgan fingerprint density at radius 1 is 1.60 bits per heavy atom. The first-order valence-corrected chi connectivity index (χ1v) is 7.09. The summed E-state index contributed by atoms with van der Waals surface area (Å²) in [5, 5.41) is 3.20. The highest BCUT2D eigenvalue weighted by Gasteiger charge is 2.26. The van der Waals surface area contributed by atoms with Crippen LogP contribution in [0.3, 0.4) is 0 Å². The van der Waals surface area contributed by atoms with Crippen LogP contribution in [0.4, 0.5) is 5.95 Å². The van der Waals surface area contributed by atoms with E-state index >= 15 is 0 Å². The molecule has 1 saturated heterocycles. The van der Waals surface area contributed by atoms with Crippen molar-refractivity contribution in [3.63, 3.8) is 0 Å². The molecule has 110 valence electrons. The molecule has 1 aromatic heterocycles. The van der Waals surface area contributed by atoms with Crippen molar-refractivity contribution in [2.75, 3.05) is 31.6 Å². The van der Waals surface area contributed by atoms with Crippen LogP contribution in [0.25, 0.3) is 0 Å². The number of carbonyl (C=O) groups is 1. The normalized spacial score (nSPS) is 18.4. The fourth-order valence-electron chi connectivity index (χ4n) is 2.55. The smallest absolute Gasteiger partial charge is 0.341 e. The molecule has 1 aromatic rings. The maximum absolute atomic E-state index is 11.7. The van der Waals surface area contributed by atoms with Gasteiger partial charge in [-0.1, -0.05) is 0 Å². The Morgan fingerprint density at radius 3 is 3.05 bits per heavy atom. The zero-order valence-corrected chi connectivity index (χ0v) is 12.3. The van der Waals surface area contributed by atoms with Gasteiger partial charge in [0.2, 0.25) is 5.95 Å². The van der Waals surface area contributed by atoms with Crippen molar-refractivity contribution in [1.29, 1.82) is 0 Å². The highest BCUT2D eigenvalue weighted by molar-refractivity contribution is 5.90. The van der Waals surface area contributed by atoms with Crippen LogP contribution < -0.4 is 10.2 Å². The molecule has 0 radical (unpaired) electrons. The minimum atomic E-state index is -0.357. The molecular formula is C14H22N4O2. The predicted octanol–water partition coefficient (Wildman–Crippen LogP) is 1.15. The lowest BCUT2D eigenvalue weighted by molar-refractivity contribution is 0.0524. The summed E-state index contributed by atoms with van der Waals surface area (Å²) in [6, 6.07) is 0.424. The van der Waals surface area contributed by atoms with E-state index in [1.165, 1.54) is 0 Å². The van der Waals surface area contributed by atoms with Gasteiger partial charge in [-0.3, -0.25) is 0 Å². The van der Waals surface area contributed by atoms with E-state index in [1.807, 2.05) is 14.0 Å². The molecule has 1 unspecified atom stereocenters. The molecular weight excluding hydrogens is 256 g/mol. The van der Waals surface area contributed by atoms with Crippen molar-refractivity contribution in [2.24, 2.45) is 0 Å². The second-order valence-corrected chi connectivity index (χ2v) is 4.94. The molecule has 0 aromatic carbocycles. The Morgan fingerprint density at radius 2 is 2.40 bits per heavy atom. The third-order valence-corrected chi connectivity index (χ3v) is 3.54. The van der Waals surface area contributed by atoms with E-state index in [4.69, 9.17) is 4.74 Å². The Kier molecular flexibility index (Phi) is 4.89. The lowest BCUT2D eigenvalue weighted by atomic mass is 10.2. The van der Waals surface area contributed by atoms with Crippen LogP contribution in [0.5, 0.6) is 0 Å². The summed E-state index contributed by atoms with van der Waals surface area (Å²) in [6.07, 6.45) is 3.86. The van der Waals surface area contributed by atoms with Crippen LogP contribution in [-0.4, -0.2) is 48.7 Å². The molecule has 6 heteroatoms. The minimum Gasteiger partial charge on any atom is -0.462 e. The van der Waals surface area contributed by atoms with Crippen LogP contribution in [0.15, 0.2) is 6.20 Å². The summed E-state index contributed by atoms with van der Waals surface area (Å²) < 4.78 is 4.99. The van der Waals surface area contributed by atoms with E-state index in [9.17, 15) is 4.79 Å². The van der Waals surface area contributed by atoms with Crippen LogP contribution in [-0.2, 0) is 4.74 Å². The Labute approximate surface area is 119 Å². The second kappa shape index (κ2) is 6.65. The largest absolute Gasteiger partial charge is 0.462 e. The van der Waals surface area contributed by atoms with Gasteiger partial charge in [-0.05, 0) is 33.7 Å². The predicted molar refractivity (Wildman–Crippen MR) is 77.0 cm³/mol. The fraction of sp³-hybridized carbons (Fsp3) is 0.643. The SMILES string of the molecule is CCOC(=O)c1cnc(N2CCCC2CNC)nc1C. The van der Waals surface area contributed by atoms with Crippen LogP contribution in [0.1, 0.15) is 35.8 Å². The standard InChI is InChI=1S/C14H22N4O2/c1-4-20-13(19)12-9-16-14(17-10(12)2)18-7-5-6-11(18)8-15-3/h9,11,15H,4-8H2,1-3H3. The summed E-state index contributed by atoms with van der Waals surface area (Å²) in [4.78, 5) is 22.8. The molecule has 2 heterocycles. The van der Waals surface area contributed by atoms with Gasteiger partial charge in [0.1, 0.15) is 0 Å². The number of aryl methyl sites for hydroxylation is 1. The zero-order chi connectivity index (χ0) is 14.5. The highest BCUT2D eigenvalue weighted by atomic mass is 16.5. The van der Waals surface area contributed by atoms with Gasteiger partial charge >= 0.3 is 5.97 Å². The molecule has 1 atom stereocenters. The topological polar surface area (TPSA) is 67.3 Å². The Bertz CT molecular complexity index is 478. The second-order valence-electron chi connectivity index (χ2n) is 4.94. The van der Waals surface area contributed by atoms with Gasteiger partial charge in [0.15, 0.2) is 0 Å². The summed E-state index contributed by atoms with van der Waals surface area (Å²) >= 11 is 0. The number of esters is 1. The monoisotopic (exact) mass is 278 g/mol. The van der Waals surface area contributed by atoms with Crippen molar-refractivity contribution < 1.29 is 9.53 Å². The van der Waals surface area contributed by atoms with E-state index in [-0.39, 0.29) is 5.97 Å². The first-order chi connectivity index (χ1) is 9.67. The van der Waals surface area contributed by atoms with Crippen molar-refractivity contribution in [3.05, 3.63) is 17.5 Å². The molecule has 2 rings (SSSR count). The maximum atomic E-state index is 11.7. The van der Waals surface area contributed by atoms with Crippen molar-refractivity contribution in [1.82, 2.24) is 15.3 Å². The summed E-state index contributed by atoms with van der Waals surface area (Å²) in [6.45, 7) is 5.85. The summed E-state index contributed by atoms with van der Waals surface area (Å²) in [5.74, 6) is 0.345. The molecule has 6 nitrogen and oxygen atoms in total. The number of carbonyl (C=O) groups excluding carboxylic acids is 1. The number of likely N-dealkylation sites (N-methyl/N-ethyl adjacent to an activating group) is 1. The zero-order valence-electron chi connectivity index (χ0n) is 12.3. The first kappa shape index (κ1) is 14.7. The molecule has 0 amide bonds. The van der Waals surface area contributed by atoms with Gasteiger partial charge in [0.05, 0.1) is 17.9 Å². The van der Waals surface area contributed by atoms with E-state index in [0.29, 0.717) is 29.9 Å². The van der Waals surface area contributed by atoms with Crippen molar-refractivity contribution in [3.8, 4) is 0 Å². The van der Waals surface area contributed by atoms with Crippen molar-refractivity contribution >= 4 is 11.9 Å². The van der Waals surface area contributed by atoms with E-state index in [1.54, 1.807) is 13.1 Å². The van der Waals surface area contributed by atoms with E-state index in [0.717, 1.165) is 25.9 Å². The first-order valence-electron chi connectivity index (χ1n) is 7.09. The minimum absolute atomic E-state index is 0.357. The number of nitrogens with zero attached hydrogens (tertiary/aromatic N) is 3. The van der Waals surface area contributed by atoms with Gasteiger partial charge in [-0.15, -0.1) is 0 Å². The third kappa shape index (κ3) is 3.07. The molecule has 0 saturated carbocycles. The van der Waals surface area contributed by atoms with Gasteiger partial charge in [0, 0.05) is 25.3 Å². The molecule has 1 aliphatic heterocycles. The van der Waals surface area contributed by atoms with E-state index in [2.05, 4.69) is 20.2 Å². The molecule has 1 aliphatic rings. The van der Waals surface area contributed by atoms with Gasteiger partial charge in [-0.25, -0.2) is 14.8 Å². The number of hydrogen-bond acceptors (Lipinski definition) is 6. The summed E-state index contributed by atoms with van der Waals surface area (Å²) in [7, 11) is 1.95. The number of ether oxygens (including phenoxy) is 1. The molecule has 1 fully saturated rings. The molecule has 1 N–H and O–H groups in total. The van der Waals surface area contributed by atoms with Gasteiger partial charge in [0.25, 0.3) is 0 Å². The van der Waals surface area contributed by atoms with Crippen LogP contribution in [0.2, 0.25) is 0 Å². The fourth-order valence-corrected chi connectivity index (χ4v) is 2.55. The summed E-state index contributed by atoms with van der Waals surface area (Å²) in [5.41, 5.74) is 1.11.